The fourth-order valence-corrected chi connectivity index (χ4v) is 8.79. The molecule has 0 saturated carbocycles. The quantitative estimate of drug-likeness (QED) is 0.166. The monoisotopic (exact) mass is 726 g/mol. The highest BCUT2D eigenvalue weighted by Crippen LogP contribution is 2.45. The van der Waals surface area contributed by atoms with Gasteiger partial charge in [0.15, 0.2) is 0 Å². The molecule has 0 atom stereocenters. The van der Waals surface area contributed by atoms with Gasteiger partial charge < -0.3 is 9.47 Å². The third-order valence-electron chi connectivity index (χ3n) is 11.6. The van der Waals surface area contributed by atoms with E-state index in [0.29, 0.717) is 0 Å². The number of hydrogen-bond donors (Lipinski definition) is 0. The van der Waals surface area contributed by atoms with Crippen molar-refractivity contribution in [3.05, 3.63) is 224 Å². The zero-order chi connectivity index (χ0) is 37.7. The SMILES string of the molecule is c1ccc(-c2cccc(-c3ccc(-n4c5ccccc5c5cc(-c6ccc7c(c6)-c6ccccc6N(c6cccc(-c8ccccc8)c6)C7)ccc54)cc3)c2)cc1. The summed E-state index contributed by atoms with van der Waals surface area (Å²) in [6.07, 6.45) is 0. The van der Waals surface area contributed by atoms with E-state index in [0.717, 1.165) is 12.2 Å². The summed E-state index contributed by atoms with van der Waals surface area (Å²) >= 11 is 0. The van der Waals surface area contributed by atoms with Gasteiger partial charge >= 0.3 is 0 Å². The standard InChI is InChI=1S/C55H38N2/c1-3-13-38(14-4-1)41-17-11-18-42(33-41)40-27-30-47(31-28-40)57-54-24-10-8-22-50(54)52-36-45(29-32-55(52)57)44-25-26-46-37-56(53-23-9-7-21-49(53)51(46)35-44)48-20-12-19-43(34-48)39-15-5-2-6-16-39/h1-36H,37H2. The average Bonchev–Trinajstić information content (AvgIpc) is 3.63. The number of nitrogens with zero attached hydrogens (tertiary/aromatic N) is 2. The van der Waals surface area contributed by atoms with Gasteiger partial charge in [0.25, 0.3) is 0 Å². The van der Waals surface area contributed by atoms with Gasteiger partial charge in [0.1, 0.15) is 0 Å². The number of rotatable bonds is 6. The maximum atomic E-state index is 2.46. The Morgan fingerprint density at radius 1 is 0.298 bits per heavy atom. The van der Waals surface area contributed by atoms with Crippen LogP contribution in [0.4, 0.5) is 11.4 Å². The Balaban J connectivity index is 0.944. The van der Waals surface area contributed by atoms with E-state index in [-0.39, 0.29) is 0 Å². The largest absolute Gasteiger partial charge is 0.336 e. The third kappa shape index (κ3) is 5.82. The molecular weight excluding hydrogens is 689 g/mol. The fourth-order valence-electron chi connectivity index (χ4n) is 8.79. The maximum Gasteiger partial charge on any atom is 0.0541 e. The lowest BCUT2D eigenvalue weighted by molar-refractivity contribution is 0.961. The van der Waals surface area contributed by atoms with Gasteiger partial charge in [-0.15, -0.1) is 0 Å². The van der Waals surface area contributed by atoms with Crippen molar-refractivity contribution in [2.45, 2.75) is 6.54 Å². The lowest BCUT2D eigenvalue weighted by Crippen LogP contribution is -2.21. The van der Waals surface area contributed by atoms with Crippen molar-refractivity contribution in [3.63, 3.8) is 0 Å². The molecule has 10 aromatic rings. The third-order valence-corrected chi connectivity index (χ3v) is 11.6. The van der Waals surface area contributed by atoms with Crippen LogP contribution >= 0.6 is 0 Å². The van der Waals surface area contributed by atoms with Crippen molar-refractivity contribution in [1.29, 1.82) is 0 Å². The highest BCUT2D eigenvalue weighted by Gasteiger charge is 2.24. The van der Waals surface area contributed by atoms with Crippen LogP contribution in [0.25, 0.3) is 83.1 Å². The van der Waals surface area contributed by atoms with Gasteiger partial charge in [0.2, 0.25) is 0 Å². The molecule has 1 aromatic heterocycles. The summed E-state index contributed by atoms with van der Waals surface area (Å²) < 4.78 is 2.41. The molecule has 2 heterocycles. The number of hydrogen-bond acceptors (Lipinski definition) is 1. The first-order chi connectivity index (χ1) is 28.2. The van der Waals surface area contributed by atoms with Gasteiger partial charge in [-0.1, -0.05) is 158 Å². The molecule has 0 spiro atoms. The molecule has 1 aliphatic rings. The van der Waals surface area contributed by atoms with Crippen LogP contribution in [-0.4, -0.2) is 4.57 Å². The van der Waals surface area contributed by atoms with E-state index in [1.807, 2.05) is 0 Å². The highest BCUT2D eigenvalue weighted by molar-refractivity contribution is 6.10. The summed E-state index contributed by atoms with van der Waals surface area (Å²) in [5.74, 6) is 0. The predicted octanol–water partition coefficient (Wildman–Crippen LogP) is 14.8. The fraction of sp³-hybridized carbons (Fsp3) is 0.0182. The highest BCUT2D eigenvalue weighted by atomic mass is 15.1. The molecule has 57 heavy (non-hydrogen) atoms. The molecule has 9 aromatic carbocycles. The minimum Gasteiger partial charge on any atom is -0.336 e. The normalized spacial score (nSPS) is 12.1. The minimum atomic E-state index is 0.814. The first kappa shape index (κ1) is 33.0. The summed E-state index contributed by atoms with van der Waals surface area (Å²) in [6.45, 7) is 0.814. The van der Waals surface area contributed by atoms with Gasteiger partial charge in [-0.05, 0) is 116 Å². The molecule has 1 aliphatic heterocycles. The second-order valence-corrected chi connectivity index (χ2v) is 15.0. The Hall–Kier alpha value is -7.42. The lowest BCUT2D eigenvalue weighted by atomic mass is 9.89. The number of aromatic nitrogens is 1. The summed E-state index contributed by atoms with van der Waals surface area (Å²) in [5, 5.41) is 2.51. The van der Waals surface area contributed by atoms with Crippen molar-refractivity contribution < 1.29 is 0 Å². The molecule has 0 amide bonds. The number of benzene rings is 9. The van der Waals surface area contributed by atoms with Gasteiger partial charge in [-0.25, -0.2) is 0 Å². The first-order valence-electron chi connectivity index (χ1n) is 19.7. The Bertz CT molecular complexity index is 3080. The van der Waals surface area contributed by atoms with Crippen LogP contribution in [0.5, 0.6) is 0 Å². The molecule has 2 heteroatoms. The van der Waals surface area contributed by atoms with E-state index >= 15 is 0 Å². The Kier molecular flexibility index (Phi) is 7.93. The van der Waals surface area contributed by atoms with E-state index in [1.165, 1.54) is 94.4 Å². The van der Waals surface area contributed by atoms with Crippen molar-refractivity contribution in [2.75, 3.05) is 4.90 Å². The topological polar surface area (TPSA) is 8.17 Å². The summed E-state index contributed by atoms with van der Waals surface area (Å²) in [7, 11) is 0. The zero-order valence-electron chi connectivity index (χ0n) is 31.4. The summed E-state index contributed by atoms with van der Waals surface area (Å²) in [5.41, 5.74) is 19.7. The zero-order valence-corrected chi connectivity index (χ0v) is 31.4. The Morgan fingerprint density at radius 3 is 1.61 bits per heavy atom. The predicted molar refractivity (Wildman–Crippen MR) is 240 cm³/mol. The Labute approximate surface area is 333 Å². The van der Waals surface area contributed by atoms with Crippen molar-refractivity contribution in [2.24, 2.45) is 0 Å². The van der Waals surface area contributed by atoms with Crippen LogP contribution in [0.3, 0.4) is 0 Å². The average molecular weight is 727 g/mol. The lowest BCUT2D eigenvalue weighted by Gasteiger charge is -2.33. The number of anilines is 2. The number of fused-ring (bicyclic) bond motifs is 6. The molecule has 0 aliphatic carbocycles. The van der Waals surface area contributed by atoms with E-state index < -0.39 is 0 Å². The van der Waals surface area contributed by atoms with E-state index in [4.69, 9.17) is 0 Å². The molecule has 0 unspecified atom stereocenters. The summed E-state index contributed by atoms with van der Waals surface area (Å²) in [6, 6.07) is 79.6. The van der Waals surface area contributed by atoms with Crippen LogP contribution in [0.2, 0.25) is 0 Å². The second-order valence-electron chi connectivity index (χ2n) is 15.0. The first-order valence-corrected chi connectivity index (χ1v) is 19.7. The van der Waals surface area contributed by atoms with E-state index in [9.17, 15) is 0 Å². The minimum absolute atomic E-state index is 0.814. The van der Waals surface area contributed by atoms with Crippen LogP contribution < -0.4 is 4.90 Å². The smallest absolute Gasteiger partial charge is 0.0541 e. The molecule has 0 radical (unpaired) electrons. The summed E-state index contributed by atoms with van der Waals surface area (Å²) in [4.78, 5) is 2.46. The van der Waals surface area contributed by atoms with Gasteiger partial charge in [0.05, 0.1) is 11.0 Å². The van der Waals surface area contributed by atoms with Crippen LogP contribution in [0.1, 0.15) is 5.56 Å². The Morgan fingerprint density at radius 2 is 0.842 bits per heavy atom. The second kappa shape index (κ2) is 13.7. The number of para-hydroxylation sites is 2. The van der Waals surface area contributed by atoms with Crippen molar-refractivity contribution in [1.82, 2.24) is 4.57 Å². The van der Waals surface area contributed by atoms with Crippen molar-refractivity contribution in [3.8, 4) is 61.3 Å². The molecule has 0 bridgehead atoms. The van der Waals surface area contributed by atoms with E-state index in [1.54, 1.807) is 0 Å². The van der Waals surface area contributed by atoms with E-state index in [2.05, 4.69) is 228 Å². The molecule has 0 N–H and O–H groups in total. The van der Waals surface area contributed by atoms with Gasteiger partial charge in [0, 0.05) is 39.9 Å². The van der Waals surface area contributed by atoms with Crippen LogP contribution in [0, 0.1) is 0 Å². The molecule has 11 rings (SSSR count). The van der Waals surface area contributed by atoms with Crippen molar-refractivity contribution >= 4 is 33.2 Å². The molecule has 268 valence electrons. The maximum absolute atomic E-state index is 2.46. The molecule has 0 fully saturated rings. The molecular formula is C55H38N2. The van der Waals surface area contributed by atoms with Gasteiger partial charge in [-0.2, -0.15) is 0 Å². The molecule has 2 nitrogen and oxygen atoms in total. The van der Waals surface area contributed by atoms with Gasteiger partial charge in [-0.3, -0.25) is 0 Å². The van der Waals surface area contributed by atoms with Crippen LogP contribution in [-0.2, 0) is 6.54 Å². The molecule has 0 saturated heterocycles. The van der Waals surface area contributed by atoms with Crippen LogP contribution in [0.15, 0.2) is 218 Å².